The highest BCUT2D eigenvalue weighted by Gasteiger charge is 2.70. The summed E-state index contributed by atoms with van der Waals surface area (Å²) in [5, 5.41) is 140. The molecule has 0 unspecified atom stereocenters. The van der Waals surface area contributed by atoms with Crippen LogP contribution in [0.25, 0.3) is 0 Å². The van der Waals surface area contributed by atoms with Gasteiger partial charge >= 0.3 is 0 Å². The van der Waals surface area contributed by atoms with Crippen LogP contribution in [0.1, 0.15) is 92.4 Å². The highest BCUT2D eigenvalue weighted by Crippen LogP contribution is 2.71. The standard InChI is InChI=1S/C51H82O23/c1-20-31-27(73-51(20)13-12-48(3,19-55)74-51)15-26-24-7-6-22-14-23(8-10-49(22,4)25(24)9-11-50(26,31)5)66-47-43(39(63)41(30(18-54)69-47)70-44-37(61)35(59)32(56)21(2)65-44)72-46-40(64)42(34(58)29(17-53)68-46)71-45-38(62)36(60)33(57)28(16-52)67-45/h6,20-21,23-47,52-64H,7-19H2,1-5H3/t20-,21-,23-,24+,25-,26-,27-,28+,29+,30+,31-,32-,33+,34+,35+,36-,37+,38+,39-,40+,41+,42-,43+,44-,45-,46-,47+,48-,49-,50-,51-/m0/s1. The molecule has 23 nitrogen and oxygen atoms in total. The fourth-order valence-corrected chi connectivity index (χ4v) is 15.6. The van der Waals surface area contributed by atoms with E-state index in [-0.39, 0.29) is 29.5 Å². The first-order valence-corrected chi connectivity index (χ1v) is 26.9. The van der Waals surface area contributed by atoms with Crippen LogP contribution in [0, 0.1) is 40.4 Å². The molecule has 0 radical (unpaired) electrons. The Bertz CT molecular complexity index is 1990. The van der Waals surface area contributed by atoms with Gasteiger partial charge in [0.15, 0.2) is 30.9 Å². The van der Waals surface area contributed by atoms with Gasteiger partial charge in [0, 0.05) is 12.3 Å². The summed E-state index contributed by atoms with van der Waals surface area (Å²) in [5.74, 6) is 1.16. The van der Waals surface area contributed by atoms with E-state index in [2.05, 4.69) is 26.8 Å². The van der Waals surface area contributed by atoms with Crippen molar-refractivity contribution in [2.75, 3.05) is 26.4 Å². The van der Waals surface area contributed by atoms with E-state index in [1.165, 1.54) is 12.5 Å². The van der Waals surface area contributed by atoms with E-state index in [4.69, 9.17) is 47.4 Å². The predicted molar refractivity (Wildman–Crippen MR) is 248 cm³/mol. The molecule has 6 heterocycles. The molecule has 0 bridgehead atoms. The van der Waals surface area contributed by atoms with Gasteiger partial charge in [0.05, 0.1) is 50.3 Å². The molecule has 4 aliphatic carbocycles. The van der Waals surface area contributed by atoms with Crippen molar-refractivity contribution < 1.29 is 114 Å². The number of aliphatic hydroxyl groups excluding tert-OH is 13. The summed E-state index contributed by atoms with van der Waals surface area (Å²) in [6.45, 7) is 8.04. The molecule has 9 fully saturated rings. The van der Waals surface area contributed by atoms with E-state index < -0.39 is 160 Å². The highest BCUT2D eigenvalue weighted by atomic mass is 16.8. The van der Waals surface area contributed by atoms with Crippen molar-refractivity contribution in [2.45, 2.75) is 239 Å². The minimum absolute atomic E-state index is 0.0424. The molecule has 3 saturated carbocycles. The van der Waals surface area contributed by atoms with E-state index in [1.807, 2.05) is 6.92 Å². The minimum Gasteiger partial charge on any atom is -0.394 e. The second-order valence-corrected chi connectivity index (χ2v) is 24.1. The van der Waals surface area contributed by atoms with Gasteiger partial charge in [-0.15, -0.1) is 0 Å². The van der Waals surface area contributed by atoms with Crippen LogP contribution in [-0.4, -0.2) is 239 Å². The first-order chi connectivity index (χ1) is 35.0. The lowest BCUT2D eigenvalue weighted by molar-refractivity contribution is -0.398. The van der Waals surface area contributed by atoms with Crippen molar-refractivity contribution in [2.24, 2.45) is 40.4 Å². The van der Waals surface area contributed by atoms with E-state index in [0.717, 1.165) is 44.9 Å². The van der Waals surface area contributed by atoms with Crippen molar-refractivity contribution in [1.82, 2.24) is 0 Å². The lowest BCUT2D eigenvalue weighted by Crippen LogP contribution is -2.68. The number of hydrogen-bond acceptors (Lipinski definition) is 23. The van der Waals surface area contributed by atoms with E-state index in [9.17, 15) is 66.4 Å². The average molecular weight is 1060 g/mol. The maximum atomic E-state index is 12.3. The molecule has 10 aliphatic rings. The Hall–Kier alpha value is -1.18. The van der Waals surface area contributed by atoms with Crippen molar-refractivity contribution in [3.8, 4) is 0 Å². The van der Waals surface area contributed by atoms with Crippen molar-refractivity contribution in [3.63, 3.8) is 0 Å². The monoisotopic (exact) mass is 1060 g/mol. The normalized spacial score (nSPS) is 57.4. The summed E-state index contributed by atoms with van der Waals surface area (Å²) >= 11 is 0. The maximum Gasteiger partial charge on any atom is 0.187 e. The molecule has 0 aromatic carbocycles. The van der Waals surface area contributed by atoms with Gasteiger partial charge in [-0.1, -0.05) is 32.4 Å². The van der Waals surface area contributed by atoms with Crippen LogP contribution < -0.4 is 0 Å². The van der Waals surface area contributed by atoms with Gasteiger partial charge in [-0.05, 0) is 99.7 Å². The molecule has 0 aromatic rings. The Morgan fingerprint density at radius 2 is 1.18 bits per heavy atom. The van der Waals surface area contributed by atoms with Crippen LogP contribution in [0.3, 0.4) is 0 Å². The number of aliphatic hydroxyl groups is 13. The van der Waals surface area contributed by atoms with Gasteiger partial charge in [-0.3, -0.25) is 0 Å². The van der Waals surface area contributed by atoms with Crippen LogP contribution in [0.2, 0.25) is 0 Å². The number of ether oxygens (including phenoxy) is 10. The van der Waals surface area contributed by atoms with Crippen molar-refractivity contribution in [3.05, 3.63) is 11.6 Å². The molecular formula is C51H82O23. The van der Waals surface area contributed by atoms with Crippen molar-refractivity contribution in [1.29, 1.82) is 0 Å². The Morgan fingerprint density at radius 3 is 1.84 bits per heavy atom. The molecule has 0 amide bonds. The van der Waals surface area contributed by atoms with Gasteiger partial charge in [0.1, 0.15) is 91.6 Å². The van der Waals surface area contributed by atoms with Crippen LogP contribution >= 0.6 is 0 Å². The van der Waals surface area contributed by atoms with Crippen LogP contribution in [0.4, 0.5) is 0 Å². The Kier molecular flexibility index (Phi) is 16.0. The number of allylic oxidation sites excluding steroid dienone is 1. The van der Waals surface area contributed by atoms with Gasteiger partial charge < -0.3 is 114 Å². The van der Waals surface area contributed by atoms with Crippen LogP contribution in [-0.2, 0) is 47.4 Å². The third kappa shape index (κ3) is 9.29. The molecule has 424 valence electrons. The number of hydrogen-bond donors (Lipinski definition) is 13. The molecule has 6 saturated heterocycles. The topological polar surface area (TPSA) is 355 Å². The molecular weight excluding hydrogens is 981 g/mol. The first-order valence-electron chi connectivity index (χ1n) is 26.9. The fourth-order valence-electron chi connectivity index (χ4n) is 15.6. The molecule has 0 aromatic heterocycles. The van der Waals surface area contributed by atoms with Crippen LogP contribution in [0.15, 0.2) is 11.6 Å². The summed E-state index contributed by atoms with van der Waals surface area (Å²) in [4.78, 5) is 0. The fraction of sp³-hybridized carbons (Fsp3) is 0.961. The van der Waals surface area contributed by atoms with Gasteiger partial charge in [-0.2, -0.15) is 0 Å². The first kappa shape index (κ1) is 56.1. The largest absolute Gasteiger partial charge is 0.394 e. The van der Waals surface area contributed by atoms with Crippen molar-refractivity contribution >= 4 is 0 Å². The number of fused-ring (bicyclic) bond motifs is 7. The molecule has 31 atom stereocenters. The zero-order chi connectivity index (χ0) is 53.1. The maximum absolute atomic E-state index is 12.3. The van der Waals surface area contributed by atoms with E-state index in [0.29, 0.717) is 36.5 Å². The molecule has 74 heavy (non-hydrogen) atoms. The SMILES string of the molecule is C[C@@H]1O[C@@H](O[C@H]2[C@H](O)[C@@H](O[C@@H]3O[C@H](CO)[C@@H](O)[C@H](O[C@@H]4O[C@H](CO)[C@@H](O)[C@H](O)[C@H]4O)[C@H]3O)[C@H](O[C@H]3CC[C@@]4(C)C(=CC[C@H]5[C@@H]6C[C@@H]7O[C@]8(CC[C@@](C)(CO)O8)[C@@H](C)[C@@H]7[C@@]6(C)CC[C@@H]54)C3)O[C@@H]2CO)[C@H](O)[C@H](O)[C@H]1O. The zero-order valence-electron chi connectivity index (χ0n) is 42.8. The summed E-state index contributed by atoms with van der Waals surface area (Å²) in [5.41, 5.74) is 0.561. The molecule has 10 rings (SSSR count). The second kappa shape index (κ2) is 21.0. The lowest BCUT2D eigenvalue weighted by Gasteiger charge is -2.58. The zero-order valence-corrected chi connectivity index (χ0v) is 42.8. The molecule has 23 heteroatoms. The summed E-state index contributed by atoms with van der Waals surface area (Å²) in [6.07, 6.45) is -24.3. The average Bonchev–Trinajstić information content (AvgIpc) is 3.99. The Balaban J connectivity index is 0.879. The van der Waals surface area contributed by atoms with Crippen LogP contribution in [0.5, 0.6) is 0 Å². The number of rotatable bonds is 12. The second-order valence-electron chi connectivity index (χ2n) is 24.1. The van der Waals surface area contributed by atoms with Gasteiger partial charge in [0.25, 0.3) is 0 Å². The van der Waals surface area contributed by atoms with Gasteiger partial charge in [0.2, 0.25) is 0 Å². The summed E-state index contributed by atoms with van der Waals surface area (Å²) in [7, 11) is 0. The lowest BCUT2D eigenvalue weighted by atomic mass is 9.47. The van der Waals surface area contributed by atoms with E-state index in [1.54, 1.807) is 0 Å². The van der Waals surface area contributed by atoms with E-state index >= 15 is 0 Å². The quantitative estimate of drug-likeness (QED) is 0.0875. The predicted octanol–water partition coefficient (Wildman–Crippen LogP) is -2.85. The minimum atomic E-state index is -2.01. The molecule has 6 aliphatic heterocycles. The third-order valence-electron chi connectivity index (χ3n) is 20.0. The summed E-state index contributed by atoms with van der Waals surface area (Å²) in [6, 6.07) is 0. The third-order valence-corrected chi connectivity index (χ3v) is 20.0. The molecule has 1 spiro atoms. The van der Waals surface area contributed by atoms with Gasteiger partial charge in [-0.25, -0.2) is 0 Å². The Labute approximate surface area is 430 Å². The smallest absolute Gasteiger partial charge is 0.187 e. The Morgan fingerprint density at radius 1 is 0.568 bits per heavy atom. The molecule has 13 N–H and O–H groups in total. The highest BCUT2D eigenvalue weighted by molar-refractivity contribution is 5.27. The summed E-state index contributed by atoms with van der Waals surface area (Å²) < 4.78 is 61.9.